The molecule has 0 amide bonds. The average molecular weight is 356 g/mol. The second-order valence-electron chi connectivity index (χ2n) is 3.65. The maximum atomic E-state index is 10.8. The first kappa shape index (κ1) is 14.9. The van der Waals surface area contributed by atoms with Gasteiger partial charge in [-0.2, -0.15) is 9.97 Å². The molecule has 0 fully saturated rings. The number of nitro benzene ring substituents is 1. The number of ether oxygens (including phenoxy) is 2. The number of aromatic nitrogens is 3. The summed E-state index contributed by atoms with van der Waals surface area (Å²) in [4.78, 5) is 22.1. The highest BCUT2D eigenvalue weighted by molar-refractivity contribution is 9.10. The zero-order valence-corrected chi connectivity index (χ0v) is 12.6. The van der Waals surface area contributed by atoms with E-state index in [4.69, 9.17) is 9.47 Å². The molecule has 1 heterocycles. The molecule has 0 radical (unpaired) electrons. The van der Waals surface area contributed by atoms with Gasteiger partial charge in [0.05, 0.1) is 22.6 Å². The number of methoxy groups -OCH3 is 1. The molecule has 0 saturated heterocycles. The molecule has 1 aromatic carbocycles. The first-order valence-electron chi connectivity index (χ1n) is 5.63. The summed E-state index contributed by atoms with van der Waals surface area (Å²) < 4.78 is 10.9. The SMILES string of the molecule is CNc1nc(OC)nc(Oc2cc([N+](=O)[O-])ccc2Br)n1. The number of benzene rings is 1. The monoisotopic (exact) mass is 355 g/mol. The second-order valence-corrected chi connectivity index (χ2v) is 4.51. The van der Waals surface area contributed by atoms with Crippen molar-refractivity contribution < 1.29 is 14.4 Å². The summed E-state index contributed by atoms with van der Waals surface area (Å²) in [6.45, 7) is 0. The van der Waals surface area contributed by atoms with Crippen molar-refractivity contribution in [1.29, 1.82) is 0 Å². The number of hydrogen-bond donors (Lipinski definition) is 1. The minimum absolute atomic E-state index is 0.0487. The van der Waals surface area contributed by atoms with Crippen LogP contribution in [-0.2, 0) is 0 Å². The van der Waals surface area contributed by atoms with Crippen LogP contribution in [0, 0.1) is 10.1 Å². The predicted molar refractivity (Wildman–Crippen MR) is 76.8 cm³/mol. The molecular formula is C11H10BrN5O4. The molecule has 2 aromatic rings. The Morgan fingerprint density at radius 1 is 1.29 bits per heavy atom. The summed E-state index contributed by atoms with van der Waals surface area (Å²) in [6, 6.07) is 4.13. The first-order chi connectivity index (χ1) is 10.0. The lowest BCUT2D eigenvalue weighted by atomic mass is 10.3. The summed E-state index contributed by atoms with van der Waals surface area (Å²) in [6.07, 6.45) is 0. The zero-order chi connectivity index (χ0) is 15.4. The van der Waals surface area contributed by atoms with Gasteiger partial charge in [-0.25, -0.2) is 0 Å². The largest absolute Gasteiger partial charge is 0.467 e. The maximum Gasteiger partial charge on any atom is 0.330 e. The van der Waals surface area contributed by atoms with Gasteiger partial charge >= 0.3 is 12.0 Å². The van der Waals surface area contributed by atoms with Crippen LogP contribution in [-0.4, -0.2) is 34.0 Å². The third-order valence-electron chi connectivity index (χ3n) is 2.33. The van der Waals surface area contributed by atoms with Crippen molar-refractivity contribution in [2.24, 2.45) is 0 Å². The van der Waals surface area contributed by atoms with Crippen molar-refractivity contribution in [2.75, 3.05) is 19.5 Å². The summed E-state index contributed by atoms with van der Waals surface area (Å²) in [5.74, 6) is 0.456. The Kier molecular flexibility index (Phi) is 4.48. The number of hydrogen-bond acceptors (Lipinski definition) is 8. The van der Waals surface area contributed by atoms with Gasteiger partial charge in [-0.05, 0) is 22.0 Å². The van der Waals surface area contributed by atoms with Crippen LogP contribution in [0.1, 0.15) is 0 Å². The molecule has 1 N–H and O–H groups in total. The van der Waals surface area contributed by atoms with E-state index in [-0.39, 0.29) is 29.4 Å². The third kappa shape index (κ3) is 3.54. The third-order valence-corrected chi connectivity index (χ3v) is 2.98. The van der Waals surface area contributed by atoms with Crippen molar-refractivity contribution >= 4 is 27.6 Å². The van der Waals surface area contributed by atoms with Crippen LogP contribution in [0.25, 0.3) is 0 Å². The van der Waals surface area contributed by atoms with Gasteiger partial charge in [-0.1, -0.05) is 0 Å². The summed E-state index contributed by atoms with van der Waals surface area (Å²) in [7, 11) is 3.03. The Hall–Kier alpha value is -2.49. The summed E-state index contributed by atoms with van der Waals surface area (Å²) in [5, 5.41) is 13.5. The number of nitrogens with one attached hydrogen (secondary N) is 1. The number of halogens is 1. The number of anilines is 1. The second kappa shape index (κ2) is 6.31. The van der Waals surface area contributed by atoms with Gasteiger partial charge in [0.25, 0.3) is 5.69 Å². The predicted octanol–water partition coefficient (Wildman–Crippen LogP) is 2.38. The van der Waals surface area contributed by atoms with Crippen LogP contribution in [0.3, 0.4) is 0 Å². The average Bonchev–Trinajstić information content (AvgIpc) is 2.48. The van der Waals surface area contributed by atoms with Crippen LogP contribution in [0.4, 0.5) is 11.6 Å². The molecule has 0 spiro atoms. The molecule has 0 aliphatic heterocycles. The van der Waals surface area contributed by atoms with Gasteiger partial charge in [0.2, 0.25) is 5.95 Å². The lowest BCUT2D eigenvalue weighted by molar-refractivity contribution is -0.384. The standard InChI is InChI=1S/C11H10BrN5O4/c1-13-9-14-10(20-2)16-11(15-9)21-8-5-6(17(18)19)3-4-7(8)12/h3-5H,1-2H3,(H,13,14,15,16). The molecule has 0 saturated carbocycles. The summed E-state index contributed by atoms with van der Waals surface area (Å²) >= 11 is 3.24. The number of nitro groups is 1. The van der Waals surface area contributed by atoms with Crippen molar-refractivity contribution in [3.63, 3.8) is 0 Å². The van der Waals surface area contributed by atoms with Crippen molar-refractivity contribution in [2.45, 2.75) is 0 Å². The van der Waals surface area contributed by atoms with Crippen molar-refractivity contribution in [1.82, 2.24) is 15.0 Å². The maximum absolute atomic E-state index is 10.8. The number of rotatable bonds is 5. The summed E-state index contributed by atoms with van der Waals surface area (Å²) in [5.41, 5.74) is -0.108. The zero-order valence-electron chi connectivity index (χ0n) is 11.0. The highest BCUT2D eigenvalue weighted by Gasteiger charge is 2.14. The Morgan fingerprint density at radius 3 is 2.62 bits per heavy atom. The quantitative estimate of drug-likeness (QED) is 0.642. The van der Waals surface area contributed by atoms with E-state index in [1.54, 1.807) is 7.05 Å². The normalized spacial score (nSPS) is 10.0. The molecule has 1 aromatic heterocycles. The topological polar surface area (TPSA) is 112 Å². The molecule has 0 aliphatic carbocycles. The van der Waals surface area contributed by atoms with Gasteiger partial charge in [0, 0.05) is 13.1 Å². The van der Waals surface area contributed by atoms with Crippen LogP contribution >= 0.6 is 15.9 Å². The molecule has 0 unspecified atom stereocenters. The fourth-order valence-electron chi connectivity index (χ4n) is 1.37. The van der Waals surface area contributed by atoms with Gasteiger partial charge in [-0.15, -0.1) is 4.98 Å². The molecule has 2 rings (SSSR count). The van der Waals surface area contributed by atoms with E-state index in [0.29, 0.717) is 4.47 Å². The molecule has 110 valence electrons. The molecule has 21 heavy (non-hydrogen) atoms. The minimum atomic E-state index is -0.522. The van der Waals surface area contributed by atoms with E-state index < -0.39 is 4.92 Å². The van der Waals surface area contributed by atoms with Crippen LogP contribution in [0.15, 0.2) is 22.7 Å². The van der Waals surface area contributed by atoms with E-state index in [9.17, 15) is 10.1 Å². The van der Waals surface area contributed by atoms with Crippen LogP contribution in [0.5, 0.6) is 17.8 Å². The Morgan fingerprint density at radius 2 is 2.00 bits per heavy atom. The van der Waals surface area contributed by atoms with E-state index >= 15 is 0 Å². The molecule has 0 aliphatic rings. The van der Waals surface area contributed by atoms with Crippen LogP contribution < -0.4 is 14.8 Å². The highest BCUT2D eigenvalue weighted by atomic mass is 79.9. The van der Waals surface area contributed by atoms with Crippen LogP contribution in [0.2, 0.25) is 0 Å². The fourth-order valence-corrected chi connectivity index (χ4v) is 1.70. The minimum Gasteiger partial charge on any atom is -0.467 e. The van der Waals surface area contributed by atoms with E-state index in [2.05, 4.69) is 36.2 Å². The van der Waals surface area contributed by atoms with E-state index in [1.807, 2.05) is 0 Å². The molecular weight excluding hydrogens is 346 g/mol. The molecule has 0 atom stereocenters. The molecule has 0 bridgehead atoms. The van der Waals surface area contributed by atoms with Gasteiger partial charge in [-0.3, -0.25) is 10.1 Å². The number of non-ortho nitro benzene ring substituents is 1. The van der Waals surface area contributed by atoms with Crippen molar-refractivity contribution in [3.8, 4) is 17.8 Å². The van der Waals surface area contributed by atoms with E-state index in [0.717, 1.165) is 0 Å². The number of nitrogens with zero attached hydrogens (tertiary/aromatic N) is 4. The smallest absolute Gasteiger partial charge is 0.330 e. The van der Waals surface area contributed by atoms with Gasteiger partial charge < -0.3 is 14.8 Å². The Balaban J connectivity index is 2.37. The Bertz CT molecular complexity index is 659. The lowest BCUT2D eigenvalue weighted by Gasteiger charge is -2.08. The van der Waals surface area contributed by atoms with Gasteiger partial charge in [0.15, 0.2) is 5.75 Å². The lowest BCUT2D eigenvalue weighted by Crippen LogP contribution is -2.03. The fraction of sp³-hybridized carbons (Fsp3) is 0.182. The molecule has 9 nitrogen and oxygen atoms in total. The van der Waals surface area contributed by atoms with E-state index in [1.165, 1.54) is 25.3 Å². The Labute approximate surface area is 127 Å². The molecule has 10 heteroatoms. The highest BCUT2D eigenvalue weighted by Crippen LogP contribution is 2.32. The first-order valence-corrected chi connectivity index (χ1v) is 6.42. The van der Waals surface area contributed by atoms with Gasteiger partial charge in [0.1, 0.15) is 0 Å². The van der Waals surface area contributed by atoms with Crippen molar-refractivity contribution in [3.05, 3.63) is 32.8 Å².